The summed E-state index contributed by atoms with van der Waals surface area (Å²) in [6, 6.07) is 12.9. The average Bonchev–Trinajstić information content (AvgIpc) is 2.99. The summed E-state index contributed by atoms with van der Waals surface area (Å²) in [6.07, 6.45) is 0. The van der Waals surface area contributed by atoms with Gasteiger partial charge in [-0.05, 0) is 42.8 Å². The maximum absolute atomic E-state index is 12.0. The van der Waals surface area contributed by atoms with E-state index in [2.05, 4.69) is 5.32 Å². The van der Waals surface area contributed by atoms with Crippen LogP contribution in [0.3, 0.4) is 0 Å². The molecule has 22 heavy (non-hydrogen) atoms. The Morgan fingerprint density at radius 3 is 2.91 bits per heavy atom. The van der Waals surface area contributed by atoms with Gasteiger partial charge in [0.05, 0.1) is 6.54 Å². The van der Waals surface area contributed by atoms with Crippen molar-refractivity contribution in [1.82, 2.24) is 5.32 Å². The number of aryl methyl sites for hydroxylation is 1. The number of hydrogen-bond acceptors (Lipinski definition) is 4. The maximum atomic E-state index is 12.0. The largest absolute Gasteiger partial charge is 0.492 e. The van der Waals surface area contributed by atoms with Gasteiger partial charge in [0, 0.05) is 5.56 Å². The second kappa shape index (κ2) is 6.39. The minimum Gasteiger partial charge on any atom is -0.492 e. The molecule has 0 saturated heterocycles. The first-order valence-corrected chi connectivity index (χ1v) is 7.10. The molecule has 1 heterocycles. The molecule has 5 nitrogen and oxygen atoms in total. The number of ether oxygens (including phenoxy) is 3. The molecule has 3 rings (SSSR count). The fourth-order valence-electron chi connectivity index (χ4n) is 2.18. The topological polar surface area (TPSA) is 56.8 Å². The molecule has 0 aliphatic carbocycles. The van der Waals surface area contributed by atoms with Gasteiger partial charge >= 0.3 is 0 Å². The fourth-order valence-corrected chi connectivity index (χ4v) is 2.18. The van der Waals surface area contributed by atoms with Crippen LogP contribution >= 0.6 is 0 Å². The van der Waals surface area contributed by atoms with Crippen LogP contribution in [-0.4, -0.2) is 25.9 Å². The first-order valence-electron chi connectivity index (χ1n) is 7.10. The second-order valence-electron chi connectivity index (χ2n) is 4.99. The van der Waals surface area contributed by atoms with E-state index in [1.54, 1.807) is 18.2 Å². The van der Waals surface area contributed by atoms with E-state index >= 15 is 0 Å². The summed E-state index contributed by atoms with van der Waals surface area (Å²) in [7, 11) is 0. The van der Waals surface area contributed by atoms with Crippen LogP contribution in [0, 0.1) is 6.92 Å². The first kappa shape index (κ1) is 14.3. The monoisotopic (exact) mass is 299 g/mol. The van der Waals surface area contributed by atoms with Crippen molar-refractivity contribution in [3.8, 4) is 17.2 Å². The fraction of sp³-hybridized carbons (Fsp3) is 0.235. The molecule has 0 bridgehead atoms. The van der Waals surface area contributed by atoms with E-state index in [1.807, 2.05) is 31.2 Å². The standard InChI is InChI=1S/C17H17NO4/c1-12-3-2-4-14(9-12)20-8-7-18-17(19)13-5-6-15-16(10-13)22-11-21-15/h2-6,9-10H,7-8,11H2,1H3,(H,18,19). The molecule has 0 saturated carbocycles. The van der Waals surface area contributed by atoms with Crippen molar-refractivity contribution in [3.05, 3.63) is 53.6 Å². The predicted octanol–water partition coefficient (Wildman–Crippen LogP) is 2.53. The lowest BCUT2D eigenvalue weighted by Crippen LogP contribution is -2.28. The van der Waals surface area contributed by atoms with Crippen molar-refractivity contribution in [3.63, 3.8) is 0 Å². The van der Waals surface area contributed by atoms with Gasteiger partial charge in [0.25, 0.3) is 5.91 Å². The molecule has 114 valence electrons. The third kappa shape index (κ3) is 3.31. The quantitative estimate of drug-likeness (QED) is 0.862. The predicted molar refractivity (Wildman–Crippen MR) is 81.6 cm³/mol. The number of carbonyl (C=O) groups is 1. The van der Waals surface area contributed by atoms with Gasteiger partial charge in [-0.25, -0.2) is 0 Å². The first-order chi connectivity index (χ1) is 10.7. The highest BCUT2D eigenvalue weighted by Gasteiger charge is 2.15. The van der Waals surface area contributed by atoms with E-state index in [-0.39, 0.29) is 12.7 Å². The maximum Gasteiger partial charge on any atom is 0.251 e. The molecule has 2 aromatic carbocycles. The van der Waals surface area contributed by atoms with Crippen LogP contribution in [0.2, 0.25) is 0 Å². The Bertz CT molecular complexity index is 684. The molecule has 1 amide bonds. The molecule has 0 fully saturated rings. The number of hydrogen-bond donors (Lipinski definition) is 1. The molecule has 0 radical (unpaired) electrons. The van der Waals surface area contributed by atoms with Crippen LogP contribution in [0.25, 0.3) is 0 Å². The smallest absolute Gasteiger partial charge is 0.251 e. The third-order valence-electron chi connectivity index (χ3n) is 3.28. The number of carbonyl (C=O) groups excluding carboxylic acids is 1. The van der Waals surface area contributed by atoms with Crippen molar-refractivity contribution in [2.75, 3.05) is 19.9 Å². The molecular formula is C17H17NO4. The minimum atomic E-state index is -0.161. The second-order valence-corrected chi connectivity index (χ2v) is 4.99. The van der Waals surface area contributed by atoms with Gasteiger partial charge in [-0.1, -0.05) is 12.1 Å². The summed E-state index contributed by atoms with van der Waals surface area (Å²) in [5.74, 6) is 1.91. The zero-order valence-electron chi connectivity index (χ0n) is 12.3. The van der Waals surface area contributed by atoms with Crippen molar-refractivity contribution in [2.45, 2.75) is 6.92 Å². The summed E-state index contributed by atoms with van der Waals surface area (Å²) in [6.45, 7) is 3.06. The van der Waals surface area contributed by atoms with E-state index in [9.17, 15) is 4.79 Å². The Morgan fingerprint density at radius 1 is 1.18 bits per heavy atom. The van der Waals surface area contributed by atoms with Crippen molar-refractivity contribution in [1.29, 1.82) is 0 Å². The van der Waals surface area contributed by atoms with Gasteiger partial charge in [-0.2, -0.15) is 0 Å². The molecular weight excluding hydrogens is 282 g/mol. The van der Waals surface area contributed by atoms with Crippen LogP contribution in [0.1, 0.15) is 15.9 Å². The highest BCUT2D eigenvalue weighted by atomic mass is 16.7. The molecule has 1 aliphatic heterocycles. The van der Waals surface area contributed by atoms with E-state index in [0.717, 1.165) is 11.3 Å². The van der Waals surface area contributed by atoms with Crippen LogP contribution in [-0.2, 0) is 0 Å². The Morgan fingerprint density at radius 2 is 2.05 bits per heavy atom. The van der Waals surface area contributed by atoms with Gasteiger partial charge in [-0.3, -0.25) is 4.79 Å². The Balaban J connectivity index is 1.48. The SMILES string of the molecule is Cc1cccc(OCCNC(=O)c2ccc3c(c2)OCO3)c1. The minimum absolute atomic E-state index is 0.161. The van der Waals surface area contributed by atoms with Gasteiger partial charge in [-0.15, -0.1) is 0 Å². The zero-order valence-corrected chi connectivity index (χ0v) is 12.3. The Labute approximate surface area is 128 Å². The van der Waals surface area contributed by atoms with Crippen LogP contribution in [0.4, 0.5) is 0 Å². The number of rotatable bonds is 5. The molecule has 1 N–H and O–H groups in total. The number of benzene rings is 2. The lowest BCUT2D eigenvalue weighted by molar-refractivity contribution is 0.0946. The van der Waals surface area contributed by atoms with E-state index in [0.29, 0.717) is 30.2 Å². The highest BCUT2D eigenvalue weighted by Crippen LogP contribution is 2.32. The number of fused-ring (bicyclic) bond motifs is 1. The summed E-state index contributed by atoms with van der Waals surface area (Å²) in [5.41, 5.74) is 1.68. The molecule has 0 spiro atoms. The molecule has 0 unspecified atom stereocenters. The lowest BCUT2D eigenvalue weighted by Gasteiger charge is -2.08. The van der Waals surface area contributed by atoms with Crippen molar-refractivity contribution >= 4 is 5.91 Å². The average molecular weight is 299 g/mol. The number of amides is 1. The van der Waals surface area contributed by atoms with Crippen molar-refractivity contribution in [2.24, 2.45) is 0 Å². The van der Waals surface area contributed by atoms with Gasteiger partial charge in [0.15, 0.2) is 11.5 Å². The third-order valence-corrected chi connectivity index (χ3v) is 3.28. The molecule has 0 aromatic heterocycles. The van der Waals surface area contributed by atoms with Crippen LogP contribution in [0.5, 0.6) is 17.2 Å². The Hall–Kier alpha value is -2.69. The summed E-state index contributed by atoms with van der Waals surface area (Å²) < 4.78 is 16.1. The van der Waals surface area contributed by atoms with Crippen LogP contribution < -0.4 is 19.5 Å². The molecule has 2 aromatic rings. The van der Waals surface area contributed by atoms with E-state index < -0.39 is 0 Å². The van der Waals surface area contributed by atoms with E-state index in [1.165, 1.54) is 0 Å². The van der Waals surface area contributed by atoms with Crippen LogP contribution in [0.15, 0.2) is 42.5 Å². The summed E-state index contributed by atoms with van der Waals surface area (Å²) in [4.78, 5) is 12.0. The highest BCUT2D eigenvalue weighted by molar-refractivity contribution is 5.94. The normalized spacial score (nSPS) is 12.0. The van der Waals surface area contributed by atoms with Gasteiger partial charge in [0.2, 0.25) is 6.79 Å². The Kier molecular flexibility index (Phi) is 4.14. The lowest BCUT2D eigenvalue weighted by atomic mass is 10.2. The summed E-state index contributed by atoms with van der Waals surface area (Å²) >= 11 is 0. The van der Waals surface area contributed by atoms with E-state index in [4.69, 9.17) is 14.2 Å². The summed E-state index contributed by atoms with van der Waals surface area (Å²) in [5, 5.41) is 2.81. The molecule has 1 aliphatic rings. The molecule has 0 atom stereocenters. The van der Waals surface area contributed by atoms with Gasteiger partial charge in [0.1, 0.15) is 12.4 Å². The zero-order chi connectivity index (χ0) is 15.4. The molecule has 5 heteroatoms. The number of nitrogens with one attached hydrogen (secondary N) is 1. The van der Waals surface area contributed by atoms with Gasteiger partial charge < -0.3 is 19.5 Å². The van der Waals surface area contributed by atoms with Crippen molar-refractivity contribution < 1.29 is 19.0 Å².